The highest BCUT2D eigenvalue weighted by Gasteiger charge is 2.22. The molecule has 0 aromatic heterocycles. The molecule has 0 aliphatic rings. The first kappa shape index (κ1) is 16.0. The minimum absolute atomic E-state index is 0.0257. The predicted octanol–water partition coefficient (Wildman–Crippen LogP) is -0.0774. The van der Waals surface area contributed by atoms with Crippen molar-refractivity contribution in [3.63, 3.8) is 0 Å². The van der Waals surface area contributed by atoms with Gasteiger partial charge >= 0.3 is 12.0 Å². The van der Waals surface area contributed by atoms with E-state index in [2.05, 4.69) is 11.9 Å². The molecule has 0 fully saturated rings. The summed E-state index contributed by atoms with van der Waals surface area (Å²) in [5.41, 5.74) is 4.94. The molecule has 1 atom stereocenters. The second-order valence-corrected chi connectivity index (χ2v) is 3.67. The average Bonchev–Trinajstić information content (AvgIpc) is 2.30. The van der Waals surface area contributed by atoms with Crippen LogP contribution < -0.4 is 11.1 Å². The zero-order valence-corrected chi connectivity index (χ0v) is 10.4. The van der Waals surface area contributed by atoms with Crippen LogP contribution in [0, 0.1) is 0 Å². The van der Waals surface area contributed by atoms with Crippen molar-refractivity contribution in [2.75, 3.05) is 13.1 Å². The minimum Gasteiger partial charge on any atom is -0.480 e. The Bertz CT molecular complexity index is 330. The maximum atomic E-state index is 11.7. The summed E-state index contributed by atoms with van der Waals surface area (Å²) in [6.45, 7) is 6.03. The number of aliphatic carboxylic acids is 1. The third-order valence-corrected chi connectivity index (χ3v) is 2.29. The molecule has 0 heterocycles. The van der Waals surface area contributed by atoms with Crippen LogP contribution in [0.3, 0.4) is 0 Å². The summed E-state index contributed by atoms with van der Waals surface area (Å²) < 4.78 is 0. The highest BCUT2D eigenvalue weighted by molar-refractivity contribution is 5.83. The molecule has 7 nitrogen and oxygen atoms in total. The molecule has 0 aromatic rings. The van der Waals surface area contributed by atoms with Crippen LogP contribution in [0.1, 0.15) is 19.8 Å². The van der Waals surface area contributed by atoms with Gasteiger partial charge in [-0.25, -0.2) is 9.59 Å². The van der Waals surface area contributed by atoms with Gasteiger partial charge in [0.1, 0.15) is 6.04 Å². The number of likely N-dealkylation sites (N-methyl/N-ethyl adjacent to an activating group) is 1. The van der Waals surface area contributed by atoms with Gasteiger partial charge in [-0.05, 0) is 13.3 Å². The van der Waals surface area contributed by atoms with Crippen molar-refractivity contribution in [2.45, 2.75) is 25.8 Å². The SMILES string of the molecule is C=CCN(CC)C(=O)N[C@@H](CCC(N)=O)C(=O)O. The van der Waals surface area contributed by atoms with Gasteiger partial charge in [0.15, 0.2) is 0 Å². The first-order chi connectivity index (χ1) is 8.42. The lowest BCUT2D eigenvalue weighted by molar-refractivity contribution is -0.139. The van der Waals surface area contributed by atoms with Crippen LogP contribution in [0.4, 0.5) is 4.79 Å². The topological polar surface area (TPSA) is 113 Å². The fourth-order valence-electron chi connectivity index (χ4n) is 1.30. The number of primary amides is 1. The van der Waals surface area contributed by atoms with E-state index >= 15 is 0 Å². The van der Waals surface area contributed by atoms with E-state index in [0.717, 1.165) is 0 Å². The van der Waals surface area contributed by atoms with Gasteiger partial charge in [0.2, 0.25) is 5.91 Å². The molecule has 4 N–H and O–H groups in total. The fraction of sp³-hybridized carbons (Fsp3) is 0.545. The second kappa shape index (κ2) is 8.10. The quantitative estimate of drug-likeness (QED) is 0.528. The van der Waals surface area contributed by atoms with Gasteiger partial charge in [0, 0.05) is 19.5 Å². The number of hydrogen-bond acceptors (Lipinski definition) is 3. The van der Waals surface area contributed by atoms with Crippen LogP contribution in [0.2, 0.25) is 0 Å². The zero-order valence-electron chi connectivity index (χ0n) is 10.4. The third-order valence-electron chi connectivity index (χ3n) is 2.29. The van der Waals surface area contributed by atoms with Crippen molar-refractivity contribution in [1.29, 1.82) is 0 Å². The number of hydrogen-bond donors (Lipinski definition) is 3. The Kier molecular flexibility index (Phi) is 7.18. The smallest absolute Gasteiger partial charge is 0.326 e. The van der Waals surface area contributed by atoms with Crippen LogP contribution in [0.25, 0.3) is 0 Å². The molecule has 0 aliphatic heterocycles. The number of nitrogens with one attached hydrogen (secondary N) is 1. The lowest BCUT2D eigenvalue weighted by atomic mass is 10.1. The van der Waals surface area contributed by atoms with E-state index in [0.29, 0.717) is 13.1 Å². The zero-order chi connectivity index (χ0) is 14.1. The van der Waals surface area contributed by atoms with Crippen molar-refractivity contribution in [1.82, 2.24) is 10.2 Å². The number of carboxylic acids is 1. The van der Waals surface area contributed by atoms with Gasteiger partial charge in [-0.1, -0.05) is 6.08 Å². The lowest BCUT2D eigenvalue weighted by Gasteiger charge is -2.22. The maximum absolute atomic E-state index is 11.7. The Labute approximate surface area is 106 Å². The summed E-state index contributed by atoms with van der Waals surface area (Å²) >= 11 is 0. The Morgan fingerprint density at radius 1 is 1.50 bits per heavy atom. The van der Waals surface area contributed by atoms with E-state index in [1.807, 2.05) is 0 Å². The van der Waals surface area contributed by atoms with Crippen LogP contribution >= 0.6 is 0 Å². The van der Waals surface area contributed by atoms with Gasteiger partial charge in [-0.2, -0.15) is 0 Å². The number of rotatable bonds is 8. The molecule has 0 rings (SSSR count). The summed E-state index contributed by atoms with van der Waals surface area (Å²) in [7, 11) is 0. The first-order valence-electron chi connectivity index (χ1n) is 5.59. The molecule has 3 amide bonds. The Morgan fingerprint density at radius 2 is 2.11 bits per heavy atom. The van der Waals surface area contributed by atoms with Crippen molar-refractivity contribution < 1.29 is 19.5 Å². The first-order valence-corrected chi connectivity index (χ1v) is 5.59. The van der Waals surface area contributed by atoms with Gasteiger partial charge in [-0.3, -0.25) is 4.79 Å². The standard InChI is InChI=1S/C11H19N3O4/c1-3-7-14(4-2)11(18)13-8(10(16)17)5-6-9(12)15/h3,8H,1,4-7H2,2H3,(H2,12,15)(H,13,18)(H,16,17)/t8-/m0/s1. The third kappa shape index (κ3) is 5.88. The molecular formula is C11H19N3O4. The highest BCUT2D eigenvalue weighted by Crippen LogP contribution is 1.99. The van der Waals surface area contributed by atoms with Crippen molar-refractivity contribution in [3.8, 4) is 0 Å². The van der Waals surface area contributed by atoms with Gasteiger partial charge in [0.05, 0.1) is 0 Å². The van der Waals surface area contributed by atoms with E-state index in [1.54, 1.807) is 13.0 Å². The average molecular weight is 257 g/mol. The monoisotopic (exact) mass is 257 g/mol. The van der Waals surface area contributed by atoms with Crippen LogP contribution in [0.15, 0.2) is 12.7 Å². The molecule has 7 heteroatoms. The van der Waals surface area contributed by atoms with Crippen molar-refractivity contribution >= 4 is 17.9 Å². The molecule has 102 valence electrons. The van der Waals surface area contributed by atoms with E-state index < -0.39 is 23.9 Å². The number of amides is 3. The molecule has 0 radical (unpaired) electrons. The Morgan fingerprint density at radius 3 is 2.50 bits per heavy atom. The van der Waals surface area contributed by atoms with E-state index in [9.17, 15) is 14.4 Å². The molecule has 0 unspecified atom stereocenters. The van der Waals surface area contributed by atoms with E-state index in [-0.39, 0.29) is 12.8 Å². The number of carbonyl (C=O) groups is 3. The van der Waals surface area contributed by atoms with E-state index in [4.69, 9.17) is 10.8 Å². The molecule has 0 saturated carbocycles. The van der Waals surface area contributed by atoms with E-state index in [1.165, 1.54) is 4.90 Å². The highest BCUT2D eigenvalue weighted by atomic mass is 16.4. The van der Waals surface area contributed by atoms with Crippen molar-refractivity contribution in [2.24, 2.45) is 5.73 Å². The summed E-state index contributed by atoms with van der Waals surface area (Å²) in [6.07, 6.45) is 1.43. The Balaban J connectivity index is 4.47. The Hall–Kier alpha value is -2.05. The van der Waals surface area contributed by atoms with Gasteiger partial charge < -0.3 is 21.1 Å². The maximum Gasteiger partial charge on any atom is 0.326 e. The van der Waals surface area contributed by atoms with Gasteiger partial charge in [-0.15, -0.1) is 6.58 Å². The number of carboxylic acid groups (broad SMARTS) is 1. The lowest BCUT2D eigenvalue weighted by Crippen LogP contribution is -2.48. The number of nitrogens with zero attached hydrogens (tertiary/aromatic N) is 1. The molecule has 18 heavy (non-hydrogen) atoms. The number of carbonyl (C=O) groups excluding carboxylic acids is 2. The number of nitrogens with two attached hydrogens (primary N) is 1. The van der Waals surface area contributed by atoms with Crippen LogP contribution in [-0.4, -0.2) is 47.0 Å². The van der Waals surface area contributed by atoms with Crippen molar-refractivity contribution in [3.05, 3.63) is 12.7 Å². The molecular weight excluding hydrogens is 238 g/mol. The molecule has 0 saturated heterocycles. The number of urea groups is 1. The molecule has 0 spiro atoms. The molecule has 0 aliphatic carbocycles. The summed E-state index contributed by atoms with van der Waals surface area (Å²) in [4.78, 5) is 34.6. The molecule has 0 aromatic carbocycles. The predicted molar refractivity (Wildman–Crippen MR) is 65.8 cm³/mol. The largest absolute Gasteiger partial charge is 0.480 e. The summed E-state index contributed by atoms with van der Waals surface area (Å²) in [5, 5.41) is 11.3. The summed E-state index contributed by atoms with van der Waals surface area (Å²) in [5.74, 6) is -1.80. The minimum atomic E-state index is -1.20. The van der Waals surface area contributed by atoms with Crippen LogP contribution in [-0.2, 0) is 9.59 Å². The van der Waals surface area contributed by atoms with Gasteiger partial charge in [0.25, 0.3) is 0 Å². The summed E-state index contributed by atoms with van der Waals surface area (Å²) in [6, 6.07) is -1.63. The fourth-order valence-corrected chi connectivity index (χ4v) is 1.30. The molecule has 0 bridgehead atoms. The second-order valence-electron chi connectivity index (χ2n) is 3.67. The normalized spacial score (nSPS) is 11.4. The van der Waals surface area contributed by atoms with Crippen LogP contribution in [0.5, 0.6) is 0 Å².